The second-order valence-electron chi connectivity index (χ2n) is 4.60. The molecule has 0 saturated heterocycles. The summed E-state index contributed by atoms with van der Waals surface area (Å²) in [6, 6.07) is 6.93. The fraction of sp³-hybridized carbons (Fsp3) is 0.429. The van der Waals surface area contributed by atoms with Crippen LogP contribution in [0.5, 0.6) is 0 Å². The number of amides is 2. The molecule has 2 N–H and O–H groups in total. The van der Waals surface area contributed by atoms with E-state index in [0.717, 1.165) is 4.47 Å². The third-order valence-electron chi connectivity index (χ3n) is 2.77. The molecule has 0 fully saturated rings. The smallest absolute Gasteiger partial charge is 0.251 e. The first-order valence-electron chi connectivity index (χ1n) is 6.39. The maximum atomic E-state index is 12.0. The lowest BCUT2D eigenvalue weighted by atomic mass is 10.2. The zero-order valence-corrected chi connectivity index (χ0v) is 13.2. The van der Waals surface area contributed by atoms with Crippen molar-refractivity contribution in [3.8, 4) is 0 Å². The van der Waals surface area contributed by atoms with Crippen molar-refractivity contribution < 1.29 is 14.7 Å². The summed E-state index contributed by atoms with van der Waals surface area (Å²) in [7, 11) is 0. The SMILES string of the molecule is CC(C)N(CCO)C(=O)CNC(=O)c1cccc(Br)c1. The van der Waals surface area contributed by atoms with Gasteiger partial charge in [-0.1, -0.05) is 22.0 Å². The van der Waals surface area contributed by atoms with Crippen molar-refractivity contribution in [1.29, 1.82) is 0 Å². The maximum Gasteiger partial charge on any atom is 0.251 e. The van der Waals surface area contributed by atoms with Gasteiger partial charge in [-0.3, -0.25) is 9.59 Å². The van der Waals surface area contributed by atoms with E-state index in [1.165, 1.54) is 4.90 Å². The number of rotatable bonds is 6. The molecule has 1 aromatic rings. The summed E-state index contributed by atoms with van der Waals surface area (Å²) in [6.45, 7) is 3.82. The van der Waals surface area contributed by atoms with Crippen molar-refractivity contribution in [3.05, 3.63) is 34.3 Å². The number of hydrogen-bond donors (Lipinski definition) is 2. The molecule has 6 heteroatoms. The van der Waals surface area contributed by atoms with Crippen LogP contribution < -0.4 is 5.32 Å². The van der Waals surface area contributed by atoms with Gasteiger partial charge in [0.25, 0.3) is 5.91 Å². The summed E-state index contributed by atoms with van der Waals surface area (Å²) in [5, 5.41) is 11.5. The fourth-order valence-corrected chi connectivity index (χ4v) is 2.17. The molecule has 0 aromatic heterocycles. The lowest BCUT2D eigenvalue weighted by molar-refractivity contribution is -0.132. The summed E-state index contributed by atoms with van der Waals surface area (Å²) in [5.74, 6) is -0.509. The molecule has 1 aromatic carbocycles. The van der Waals surface area contributed by atoms with Gasteiger partial charge in [0, 0.05) is 22.6 Å². The molecule has 0 aliphatic heterocycles. The van der Waals surface area contributed by atoms with Crippen LogP contribution >= 0.6 is 15.9 Å². The summed E-state index contributed by atoms with van der Waals surface area (Å²) in [6.07, 6.45) is 0. The molecule has 20 heavy (non-hydrogen) atoms. The van der Waals surface area contributed by atoms with Gasteiger partial charge in [-0.15, -0.1) is 0 Å². The van der Waals surface area contributed by atoms with Crippen LogP contribution in [0.3, 0.4) is 0 Å². The highest BCUT2D eigenvalue weighted by Crippen LogP contribution is 2.11. The molecule has 1 rings (SSSR count). The van der Waals surface area contributed by atoms with E-state index in [9.17, 15) is 9.59 Å². The van der Waals surface area contributed by atoms with Crippen LogP contribution in [0.25, 0.3) is 0 Å². The van der Waals surface area contributed by atoms with Gasteiger partial charge in [-0.2, -0.15) is 0 Å². The highest BCUT2D eigenvalue weighted by Gasteiger charge is 2.17. The number of benzene rings is 1. The van der Waals surface area contributed by atoms with Gasteiger partial charge >= 0.3 is 0 Å². The van der Waals surface area contributed by atoms with E-state index in [2.05, 4.69) is 21.2 Å². The number of nitrogens with one attached hydrogen (secondary N) is 1. The quantitative estimate of drug-likeness (QED) is 0.821. The van der Waals surface area contributed by atoms with Crippen molar-refractivity contribution in [2.45, 2.75) is 19.9 Å². The van der Waals surface area contributed by atoms with Crippen LogP contribution in [0.2, 0.25) is 0 Å². The van der Waals surface area contributed by atoms with E-state index >= 15 is 0 Å². The Hall–Kier alpha value is -1.40. The molecular formula is C14H19BrN2O3. The molecule has 2 amide bonds. The van der Waals surface area contributed by atoms with Crippen LogP contribution in [-0.2, 0) is 4.79 Å². The number of nitrogens with zero attached hydrogens (tertiary/aromatic N) is 1. The molecule has 0 atom stereocenters. The molecule has 0 bridgehead atoms. The zero-order chi connectivity index (χ0) is 15.1. The van der Waals surface area contributed by atoms with Gasteiger partial charge < -0.3 is 15.3 Å². The van der Waals surface area contributed by atoms with Gasteiger partial charge in [-0.25, -0.2) is 0 Å². The van der Waals surface area contributed by atoms with Crippen LogP contribution in [-0.4, -0.2) is 47.6 Å². The molecule has 0 radical (unpaired) electrons. The molecular weight excluding hydrogens is 324 g/mol. The Labute approximate surface area is 127 Å². The second kappa shape index (κ2) is 8.01. The average Bonchev–Trinajstić information content (AvgIpc) is 2.41. The van der Waals surface area contributed by atoms with Gasteiger partial charge in [0.15, 0.2) is 0 Å². The normalized spacial score (nSPS) is 10.4. The standard InChI is InChI=1S/C14H19BrN2O3/c1-10(2)17(6-7-18)13(19)9-16-14(20)11-4-3-5-12(15)8-11/h3-5,8,10,18H,6-7,9H2,1-2H3,(H,16,20). The van der Waals surface area contributed by atoms with Gasteiger partial charge in [-0.05, 0) is 32.0 Å². The molecule has 5 nitrogen and oxygen atoms in total. The third kappa shape index (κ3) is 4.94. The molecule has 0 spiro atoms. The third-order valence-corrected chi connectivity index (χ3v) is 3.26. The first-order valence-corrected chi connectivity index (χ1v) is 7.19. The summed E-state index contributed by atoms with van der Waals surface area (Å²) in [5.41, 5.74) is 0.491. The molecule has 0 aliphatic carbocycles. The molecule has 0 aliphatic rings. The number of aliphatic hydroxyl groups is 1. The first kappa shape index (κ1) is 16.7. The van der Waals surface area contributed by atoms with Gasteiger partial charge in [0.2, 0.25) is 5.91 Å². The van der Waals surface area contributed by atoms with Crippen LogP contribution in [0, 0.1) is 0 Å². The summed E-state index contributed by atoms with van der Waals surface area (Å²) < 4.78 is 0.806. The number of carbonyl (C=O) groups is 2. The minimum atomic E-state index is -0.299. The number of aliphatic hydroxyl groups excluding tert-OH is 1. The van der Waals surface area contributed by atoms with E-state index < -0.39 is 0 Å². The van der Waals surface area contributed by atoms with Crippen LogP contribution in [0.15, 0.2) is 28.7 Å². The Morgan fingerprint density at radius 1 is 1.40 bits per heavy atom. The van der Waals surface area contributed by atoms with Crippen molar-refractivity contribution in [3.63, 3.8) is 0 Å². The average molecular weight is 343 g/mol. The van der Waals surface area contributed by atoms with Crippen molar-refractivity contribution in [2.75, 3.05) is 19.7 Å². The van der Waals surface area contributed by atoms with E-state index in [1.54, 1.807) is 18.2 Å². The molecule has 0 unspecified atom stereocenters. The number of carbonyl (C=O) groups excluding carboxylic acids is 2. The predicted molar refractivity (Wildman–Crippen MR) is 80.4 cm³/mol. The van der Waals surface area contributed by atoms with Crippen molar-refractivity contribution in [2.24, 2.45) is 0 Å². The minimum absolute atomic E-state index is 0.0163. The minimum Gasteiger partial charge on any atom is -0.395 e. The maximum absolute atomic E-state index is 12.0. The fourth-order valence-electron chi connectivity index (χ4n) is 1.77. The summed E-state index contributed by atoms with van der Waals surface area (Å²) >= 11 is 3.29. The van der Waals surface area contributed by atoms with E-state index in [0.29, 0.717) is 5.56 Å². The van der Waals surface area contributed by atoms with Crippen LogP contribution in [0.4, 0.5) is 0 Å². The predicted octanol–water partition coefficient (Wildman–Crippen LogP) is 1.41. The van der Waals surface area contributed by atoms with E-state index in [-0.39, 0.29) is 37.6 Å². The highest BCUT2D eigenvalue weighted by molar-refractivity contribution is 9.10. The Kier molecular flexibility index (Phi) is 6.67. The lowest BCUT2D eigenvalue weighted by Gasteiger charge is -2.26. The Morgan fingerprint density at radius 3 is 2.65 bits per heavy atom. The Morgan fingerprint density at radius 2 is 2.10 bits per heavy atom. The molecule has 110 valence electrons. The van der Waals surface area contributed by atoms with Crippen molar-refractivity contribution >= 4 is 27.7 Å². The lowest BCUT2D eigenvalue weighted by Crippen LogP contribution is -2.44. The first-order chi connectivity index (χ1) is 9.45. The molecule has 0 saturated carbocycles. The zero-order valence-electron chi connectivity index (χ0n) is 11.6. The Balaban J connectivity index is 2.57. The van der Waals surface area contributed by atoms with Gasteiger partial charge in [0.05, 0.1) is 13.2 Å². The van der Waals surface area contributed by atoms with Gasteiger partial charge in [0.1, 0.15) is 0 Å². The monoisotopic (exact) mass is 342 g/mol. The Bertz CT molecular complexity index is 477. The van der Waals surface area contributed by atoms with E-state index in [1.807, 2.05) is 19.9 Å². The number of halogens is 1. The summed E-state index contributed by atoms with van der Waals surface area (Å²) in [4.78, 5) is 25.4. The second-order valence-corrected chi connectivity index (χ2v) is 5.51. The van der Waals surface area contributed by atoms with Crippen molar-refractivity contribution in [1.82, 2.24) is 10.2 Å². The molecule has 0 heterocycles. The van der Waals surface area contributed by atoms with Crippen LogP contribution in [0.1, 0.15) is 24.2 Å². The topological polar surface area (TPSA) is 69.6 Å². The van der Waals surface area contributed by atoms with E-state index in [4.69, 9.17) is 5.11 Å². The number of hydrogen-bond acceptors (Lipinski definition) is 3. The highest BCUT2D eigenvalue weighted by atomic mass is 79.9. The largest absolute Gasteiger partial charge is 0.395 e.